The normalized spacial score (nSPS) is 19.9. The summed E-state index contributed by atoms with van der Waals surface area (Å²) in [6.07, 6.45) is 4.14. The van der Waals surface area contributed by atoms with E-state index in [2.05, 4.69) is 68.9 Å². The molecule has 4 nitrogen and oxygen atoms in total. The van der Waals surface area contributed by atoms with E-state index in [4.69, 9.17) is 11.6 Å². The third-order valence-corrected chi connectivity index (χ3v) is 7.31. The van der Waals surface area contributed by atoms with Gasteiger partial charge in [-0.05, 0) is 106 Å². The Hall–Kier alpha value is -2.50. The van der Waals surface area contributed by atoms with Crippen molar-refractivity contribution in [2.75, 3.05) is 11.4 Å². The number of thioether (sulfide) groups is 1. The molecule has 2 heterocycles. The molecule has 0 aromatic heterocycles. The molecule has 2 aromatic rings. The zero-order valence-corrected chi connectivity index (χ0v) is 20.9. The van der Waals surface area contributed by atoms with Gasteiger partial charge in [0, 0.05) is 22.8 Å². The largest absolute Gasteiger partial charge is 0.363 e. The third-order valence-electron chi connectivity index (χ3n) is 6.07. The van der Waals surface area contributed by atoms with Crippen LogP contribution in [0.2, 0.25) is 5.02 Å². The summed E-state index contributed by atoms with van der Waals surface area (Å²) in [7, 11) is 0. The Kier molecular flexibility index (Phi) is 5.99. The number of amidine groups is 1. The second-order valence-corrected chi connectivity index (χ2v) is 10.3. The molecule has 4 rings (SSSR count). The number of anilines is 1. The van der Waals surface area contributed by atoms with Crippen LogP contribution in [0.15, 0.2) is 46.3 Å². The van der Waals surface area contributed by atoms with Crippen LogP contribution in [0, 0.1) is 13.8 Å². The number of halogens is 1. The van der Waals surface area contributed by atoms with E-state index in [1.807, 2.05) is 30.3 Å². The maximum absolute atomic E-state index is 12.6. The third kappa shape index (κ3) is 4.24. The van der Waals surface area contributed by atoms with E-state index in [1.165, 1.54) is 28.5 Å². The van der Waals surface area contributed by atoms with Crippen LogP contribution in [-0.4, -0.2) is 23.2 Å². The number of hydrogen-bond donors (Lipinski definition) is 1. The molecule has 2 aliphatic rings. The van der Waals surface area contributed by atoms with Crippen molar-refractivity contribution in [2.45, 2.75) is 47.1 Å². The lowest BCUT2D eigenvalue weighted by molar-refractivity contribution is -0.115. The quantitative estimate of drug-likeness (QED) is 0.503. The monoisotopic (exact) mass is 465 g/mol. The predicted molar refractivity (Wildman–Crippen MR) is 139 cm³/mol. The molecule has 0 saturated carbocycles. The second kappa shape index (κ2) is 8.45. The Morgan fingerprint density at radius 2 is 1.91 bits per heavy atom. The first kappa shape index (κ1) is 22.7. The van der Waals surface area contributed by atoms with Crippen molar-refractivity contribution in [1.82, 2.24) is 5.32 Å². The summed E-state index contributed by atoms with van der Waals surface area (Å²) in [5.41, 5.74) is 7.47. The SMILES string of the molecule is CCN1c2cc(Cl)c(/C=C3/SC(=Nc4ccc(C)c(C)c4)NC3=O)cc2C(C)=CC1(C)C. The van der Waals surface area contributed by atoms with E-state index in [0.29, 0.717) is 15.1 Å². The summed E-state index contributed by atoms with van der Waals surface area (Å²) >= 11 is 8.02. The Labute approximate surface area is 199 Å². The van der Waals surface area contributed by atoms with Crippen molar-refractivity contribution >= 4 is 57.5 Å². The molecule has 1 fully saturated rings. The van der Waals surface area contributed by atoms with Crippen LogP contribution in [0.5, 0.6) is 0 Å². The number of carbonyl (C=O) groups is 1. The van der Waals surface area contributed by atoms with E-state index in [1.54, 1.807) is 0 Å². The lowest BCUT2D eigenvalue weighted by Gasteiger charge is -2.43. The average molecular weight is 466 g/mol. The van der Waals surface area contributed by atoms with Crippen LogP contribution in [0.3, 0.4) is 0 Å². The Balaban J connectivity index is 1.67. The van der Waals surface area contributed by atoms with Gasteiger partial charge in [0.15, 0.2) is 5.17 Å². The zero-order chi connectivity index (χ0) is 23.2. The van der Waals surface area contributed by atoms with Crippen LogP contribution in [0.1, 0.15) is 49.9 Å². The summed E-state index contributed by atoms with van der Waals surface area (Å²) in [6.45, 7) is 13.7. The van der Waals surface area contributed by atoms with Gasteiger partial charge in [-0.3, -0.25) is 4.79 Å². The number of aliphatic imine (C=N–C) groups is 1. The molecule has 32 heavy (non-hydrogen) atoms. The lowest BCUT2D eigenvalue weighted by atomic mass is 9.88. The number of aryl methyl sites for hydroxylation is 2. The van der Waals surface area contributed by atoms with E-state index < -0.39 is 0 Å². The average Bonchev–Trinajstić information content (AvgIpc) is 3.04. The summed E-state index contributed by atoms with van der Waals surface area (Å²) in [4.78, 5) is 20.1. The number of rotatable bonds is 3. The highest BCUT2D eigenvalue weighted by atomic mass is 35.5. The van der Waals surface area contributed by atoms with Gasteiger partial charge < -0.3 is 10.2 Å². The molecule has 1 amide bonds. The fraction of sp³-hybridized carbons (Fsp3) is 0.308. The molecule has 6 heteroatoms. The number of nitrogens with one attached hydrogen (secondary N) is 1. The first-order chi connectivity index (χ1) is 15.1. The summed E-state index contributed by atoms with van der Waals surface area (Å²) in [5.74, 6) is -0.157. The van der Waals surface area contributed by atoms with Crippen LogP contribution >= 0.6 is 23.4 Å². The first-order valence-corrected chi connectivity index (χ1v) is 12.0. The molecule has 0 atom stereocenters. The number of hydrogen-bond acceptors (Lipinski definition) is 4. The number of carbonyl (C=O) groups excluding carboxylic acids is 1. The van der Waals surface area contributed by atoms with Crippen molar-refractivity contribution in [3.8, 4) is 0 Å². The molecule has 1 N–H and O–H groups in total. The number of likely N-dealkylation sites (N-methyl/N-ethyl adjacent to an activating group) is 1. The molecule has 166 valence electrons. The van der Waals surface area contributed by atoms with Gasteiger partial charge in [-0.15, -0.1) is 0 Å². The van der Waals surface area contributed by atoms with Crippen molar-refractivity contribution < 1.29 is 4.79 Å². The molecule has 0 radical (unpaired) electrons. The summed E-state index contributed by atoms with van der Waals surface area (Å²) in [5, 5.41) is 4.08. The zero-order valence-electron chi connectivity index (χ0n) is 19.3. The molecule has 2 aliphatic heterocycles. The van der Waals surface area contributed by atoms with Crippen molar-refractivity contribution in [1.29, 1.82) is 0 Å². The van der Waals surface area contributed by atoms with E-state index in [0.717, 1.165) is 29.0 Å². The van der Waals surface area contributed by atoms with Crippen molar-refractivity contribution in [3.05, 3.63) is 68.6 Å². The summed E-state index contributed by atoms with van der Waals surface area (Å²) < 4.78 is 0. The molecule has 0 bridgehead atoms. The van der Waals surface area contributed by atoms with Crippen molar-refractivity contribution in [2.24, 2.45) is 4.99 Å². The highest BCUT2D eigenvalue weighted by molar-refractivity contribution is 8.18. The van der Waals surface area contributed by atoms with Crippen LogP contribution in [0.25, 0.3) is 11.6 Å². The topological polar surface area (TPSA) is 44.7 Å². The molecule has 0 spiro atoms. The molecular formula is C26H28ClN3OS. The van der Waals surface area contributed by atoms with Gasteiger partial charge >= 0.3 is 0 Å². The van der Waals surface area contributed by atoms with E-state index >= 15 is 0 Å². The van der Waals surface area contributed by atoms with E-state index in [9.17, 15) is 4.79 Å². The number of allylic oxidation sites excluding steroid dienone is 1. The number of fused-ring (bicyclic) bond motifs is 1. The summed E-state index contributed by atoms with van der Waals surface area (Å²) in [6, 6.07) is 10.1. The standard InChI is InChI=1S/C26H28ClN3OS/c1-7-30-22-13-21(27)18(11-20(22)17(4)14-26(30,5)6)12-23-24(31)29-25(32-23)28-19-9-8-15(2)16(3)10-19/h8-14H,7H2,1-6H3,(H,28,29,31)/b23-12+. The highest BCUT2D eigenvalue weighted by Crippen LogP contribution is 2.42. The fourth-order valence-electron chi connectivity index (χ4n) is 4.34. The van der Waals surface area contributed by atoms with E-state index in [-0.39, 0.29) is 11.4 Å². The predicted octanol–water partition coefficient (Wildman–Crippen LogP) is 6.87. The first-order valence-electron chi connectivity index (χ1n) is 10.8. The van der Waals surface area contributed by atoms with Gasteiger partial charge in [0.25, 0.3) is 5.91 Å². The van der Waals surface area contributed by atoms with Crippen LogP contribution in [-0.2, 0) is 4.79 Å². The highest BCUT2D eigenvalue weighted by Gasteiger charge is 2.31. The number of amides is 1. The Bertz CT molecular complexity index is 1210. The molecule has 2 aromatic carbocycles. The lowest BCUT2D eigenvalue weighted by Crippen LogP contribution is -2.44. The molecule has 1 saturated heterocycles. The minimum absolute atomic E-state index is 0.0734. The Morgan fingerprint density at radius 1 is 1.16 bits per heavy atom. The van der Waals surface area contributed by atoms with Crippen molar-refractivity contribution in [3.63, 3.8) is 0 Å². The molecule has 0 unspecified atom stereocenters. The Morgan fingerprint density at radius 3 is 2.59 bits per heavy atom. The molecule has 0 aliphatic carbocycles. The number of nitrogens with zero attached hydrogens (tertiary/aromatic N) is 2. The fourth-order valence-corrected chi connectivity index (χ4v) is 5.38. The van der Waals surface area contributed by atoms with Gasteiger partial charge in [0.2, 0.25) is 0 Å². The van der Waals surface area contributed by atoms with Gasteiger partial charge in [0.1, 0.15) is 0 Å². The minimum atomic E-state index is -0.157. The smallest absolute Gasteiger partial charge is 0.264 e. The van der Waals surface area contributed by atoms with Crippen LogP contribution < -0.4 is 10.2 Å². The molecular weight excluding hydrogens is 438 g/mol. The van der Waals surface area contributed by atoms with Gasteiger partial charge in [0.05, 0.1) is 16.1 Å². The minimum Gasteiger partial charge on any atom is -0.363 e. The maximum Gasteiger partial charge on any atom is 0.264 e. The van der Waals surface area contributed by atoms with Crippen LogP contribution in [0.4, 0.5) is 11.4 Å². The maximum atomic E-state index is 12.6. The van der Waals surface area contributed by atoms with Gasteiger partial charge in [-0.1, -0.05) is 23.7 Å². The number of benzene rings is 2. The van der Waals surface area contributed by atoms with Gasteiger partial charge in [-0.2, -0.15) is 0 Å². The van der Waals surface area contributed by atoms with Gasteiger partial charge in [-0.25, -0.2) is 4.99 Å². The second-order valence-electron chi connectivity index (χ2n) is 8.87.